The van der Waals surface area contributed by atoms with Gasteiger partial charge in [0.05, 0.1) is 34.6 Å². The van der Waals surface area contributed by atoms with Gasteiger partial charge in [-0.25, -0.2) is 9.79 Å². The van der Waals surface area contributed by atoms with E-state index >= 15 is 0 Å². The fourth-order valence-corrected chi connectivity index (χ4v) is 4.77. The molecule has 3 aromatic rings. The lowest BCUT2D eigenvalue weighted by atomic mass is 9.96. The molecule has 0 saturated carbocycles. The SMILES string of the molecule is CCOC(=O)C1=C(C)N=c2sc(=Cc3cnn(C)c3C)c(=O)n2C1c1ccc(OC(F)F)cc1. The maximum Gasteiger partial charge on any atom is 0.387 e. The molecule has 2 aromatic heterocycles. The van der Waals surface area contributed by atoms with Crippen molar-refractivity contribution in [3.8, 4) is 5.75 Å². The first kappa shape index (κ1) is 23.6. The molecular weight excluding hydrogens is 466 g/mol. The number of carbonyl (C=O) groups is 1. The number of nitrogens with zero attached hydrogens (tertiary/aromatic N) is 4. The molecule has 8 nitrogen and oxygen atoms in total. The van der Waals surface area contributed by atoms with Crippen LogP contribution in [-0.4, -0.2) is 33.5 Å². The summed E-state index contributed by atoms with van der Waals surface area (Å²) in [6, 6.07) is 4.99. The Morgan fingerprint density at radius 2 is 1.97 bits per heavy atom. The van der Waals surface area contributed by atoms with E-state index in [4.69, 9.17) is 4.74 Å². The minimum absolute atomic E-state index is 0.0309. The smallest absolute Gasteiger partial charge is 0.387 e. The lowest BCUT2D eigenvalue weighted by Crippen LogP contribution is -2.39. The van der Waals surface area contributed by atoms with Crippen molar-refractivity contribution >= 4 is 23.4 Å². The summed E-state index contributed by atoms with van der Waals surface area (Å²) in [5.74, 6) is -0.629. The van der Waals surface area contributed by atoms with Crippen LogP contribution >= 0.6 is 11.3 Å². The molecule has 0 saturated heterocycles. The molecule has 0 N–H and O–H groups in total. The Bertz CT molecular complexity index is 1450. The van der Waals surface area contributed by atoms with E-state index in [9.17, 15) is 18.4 Å². The van der Waals surface area contributed by atoms with E-state index in [1.165, 1.54) is 28.0 Å². The first-order valence-electron chi connectivity index (χ1n) is 10.4. The van der Waals surface area contributed by atoms with Gasteiger partial charge in [0, 0.05) is 18.3 Å². The molecule has 0 aliphatic carbocycles. The number of benzene rings is 1. The summed E-state index contributed by atoms with van der Waals surface area (Å²) in [5, 5.41) is 4.21. The zero-order valence-corrected chi connectivity index (χ0v) is 19.7. The molecule has 11 heteroatoms. The molecular formula is C23H22F2N4O4S. The van der Waals surface area contributed by atoms with Crippen LogP contribution in [0, 0.1) is 6.92 Å². The third-order valence-corrected chi connectivity index (χ3v) is 6.48. The number of thiazole rings is 1. The van der Waals surface area contributed by atoms with Gasteiger partial charge in [0.15, 0.2) is 4.80 Å². The largest absolute Gasteiger partial charge is 0.463 e. The number of aromatic nitrogens is 3. The summed E-state index contributed by atoms with van der Waals surface area (Å²) in [7, 11) is 1.81. The third-order valence-electron chi connectivity index (χ3n) is 5.50. The maximum absolute atomic E-state index is 13.5. The highest BCUT2D eigenvalue weighted by molar-refractivity contribution is 7.07. The van der Waals surface area contributed by atoms with E-state index in [1.54, 1.807) is 42.9 Å². The van der Waals surface area contributed by atoms with Crippen molar-refractivity contribution in [1.82, 2.24) is 14.3 Å². The Labute approximate surface area is 197 Å². The van der Waals surface area contributed by atoms with E-state index in [2.05, 4.69) is 14.8 Å². The van der Waals surface area contributed by atoms with E-state index < -0.39 is 18.6 Å². The number of hydrogen-bond acceptors (Lipinski definition) is 7. The first-order valence-corrected chi connectivity index (χ1v) is 11.3. The quantitative estimate of drug-likeness (QED) is 0.498. The zero-order valence-electron chi connectivity index (χ0n) is 18.9. The van der Waals surface area contributed by atoms with Gasteiger partial charge < -0.3 is 9.47 Å². The van der Waals surface area contributed by atoms with E-state index in [0.717, 1.165) is 11.3 Å². The van der Waals surface area contributed by atoms with Crippen molar-refractivity contribution < 1.29 is 23.0 Å². The lowest BCUT2D eigenvalue weighted by Gasteiger charge is -2.24. The van der Waals surface area contributed by atoms with Crippen LogP contribution in [0.5, 0.6) is 5.75 Å². The highest BCUT2D eigenvalue weighted by atomic mass is 32.1. The van der Waals surface area contributed by atoms with Crippen molar-refractivity contribution in [2.45, 2.75) is 33.4 Å². The Hall–Kier alpha value is -3.60. The number of hydrogen-bond donors (Lipinski definition) is 0. The Kier molecular flexibility index (Phi) is 6.47. The topological polar surface area (TPSA) is 87.7 Å². The average Bonchev–Trinajstić information content (AvgIpc) is 3.26. The molecule has 1 aliphatic heterocycles. The predicted octanol–water partition coefficient (Wildman–Crippen LogP) is 2.44. The Balaban J connectivity index is 1.91. The van der Waals surface area contributed by atoms with Crippen molar-refractivity contribution in [2.24, 2.45) is 12.0 Å². The van der Waals surface area contributed by atoms with Crippen molar-refractivity contribution in [1.29, 1.82) is 0 Å². The number of fused-ring (bicyclic) bond motifs is 1. The average molecular weight is 489 g/mol. The van der Waals surface area contributed by atoms with Crippen molar-refractivity contribution in [3.05, 3.63) is 78.2 Å². The van der Waals surface area contributed by atoms with Gasteiger partial charge >= 0.3 is 12.6 Å². The number of ether oxygens (including phenoxy) is 2. The maximum atomic E-state index is 13.5. The van der Waals surface area contributed by atoms with Crippen molar-refractivity contribution in [3.63, 3.8) is 0 Å². The number of alkyl halides is 2. The van der Waals surface area contributed by atoms with Crippen LogP contribution in [0.25, 0.3) is 6.08 Å². The van der Waals surface area contributed by atoms with Gasteiger partial charge in [0.1, 0.15) is 5.75 Å². The van der Waals surface area contributed by atoms with Crippen LogP contribution in [0.4, 0.5) is 8.78 Å². The van der Waals surface area contributed by atoms with Crippen LogP contribution in [0.3, 0.4) is 0 Å². The molecule has 1 unspecified atom stereocenters. The number of halogens is 2. The molecule has 0 bridgehead atoms. The van der Waals surface area contributed by atoms with Gasteiger partial charge in [-0.3, -0.25) is 14.0 Å². The second-order valence-electron chi connectivity index (χ2n) is 7.56. The van der Waals surface area contributed by atoms with Crippen LogP contribution < -0.4 is 19.6 Å². The number of aryl methyl sites for hydroxylation is 1. The molecule has 0 radical (unpaired) electrons. The van der Waals surface area contributed by atoms with Crippen LogP contribution in [0.2, 0.25) is 0 Å². The molecule has 1 atom stereocenters. The normalized spacial score (nSPS) is 16.0. The van der Waals surface area contributed by atoms with Gasteiger partial charge in [0.2, 0.25) is 0 Å². The molecule has 34 heavy (non-hydrogen) atoms. The van der Waals surface area contributed by atoms with Gasteiger partial charge in [-0.2, -0.15) is 13.9 Å². The van der Waals surface area contributed by atoms with Gasteiger partial charge in [0.25, 0.3) is 5.56 Å². The monoisotopic (exact) mass is 488 g/mol. The van der Waals surface area contributed by atoms with Crippen molar-refractivity contribution in [2.75, 3.05) is 6.61 Å². The number of allylic oxidation sites excluding steroid dienone is 1. The first-order chi connectivity index (χ1) is 16.2. The molecule has 1 aliphatic rings. The summed E-state index contributed by atoms with van der Waals surface area (Å²) in [6.07, 6.45) is 3.41. The van der Waals surface area contributed by atoms with E-state index in [-0.39, 0.29) is 23.5 Å². The van der Waals surface area contributed by atoms with Crippen LogP contribution in [-0.2, 0) is 16.6 Å². The number of esters is 1. The van der Waals surface area contributed by atoms with Crippen LogP contribution in [0.15, 0.2) is 51.5 Å². The number of rotatable bonds is 6. The molecule has 0 amide bonds. The van der Waals surface area contributed by atoms with E-state index in [1.807, 2.05) is 14.0 Å². The van der Waals surface area contributed by atoms with Gasteiger partial charge in [-0.15, -0.1) is 0 Å². The summed E-state index contributed by atoms with van der Waals surface area (Å²) in [6.45, 7) is 2.44. The molecule has 1 aromatic carbocycles. The molecule has 3 heterocycles. The molecule has 0 spiro atoms. The number of carbonyl (C=O) groups excluding carboxylic acids is 1. The predicted molar refractivity (Wildman–Crippen MR) is 121 cm³/mol. The molecule has 4 rings (SSSR count). The van der Waals surface area contributed by atoms with Gasteiger partial charge in [-0.05, 0) is 44.5 Å². The van der Waals surface area contributed by atoms with E-state index in [0.29, 0.717) is 20.6 Å². The highest BCUT2D eigenvalue weighted by Crippen LogP contribution is 2.31. The fraction of sp³-hybridized carbons (Fsp3) is 0.304. The second kappa shape index (κ2) is 9.34. The Morgan fingerprint density at radius 1 is 1.26 bits per heavy atom. The van der Waals surface area contributed by atoms with Gasteiger partial charge in [-0.1, -0.05) is 23.5 Å². The minimum atomic E-state index is -2.96. The minimum Gasteiger partial charge on any atom is -0.463 e. The third kappa shape index (κ3) is 4.30. The zero-order chi connectivity index (χ0) is 24.6. The van der Waals surface area contributed by atoms with Crippen LogP contribution in [0.1, 0.15) is 36.7 Å². The summed E-state index contributed by atoms with van der Waals surface area (Å²) >= 11 is 1.20. The fourth-order valence-electron chi connectivity index (χ4n) is 3.74. The lowest BCUT2D eigenvalue weighted by molar-refractivity contribution is -0.139. The summed E-state index contributed by atoms with van der Waals surface area (Å²) in [4.78, 5) is 31.3. The Morgan fingerprint density at radius 3 is 2.56 bits per heavy atom. The summed E-state index contributed by atoms with van der Waals surface area (Å²) < 4.78 is 38.4. The standard InChI is InChI=1S/C23H22F2N4O4S/c1-5-32-21(31)18-12(2)27-23-29(19(18)14-6-8-16(9-7-14)33-22(24)25)20(30)17(34-23)10-15-11-26-28(4)13(15)3/h6-11,19,22H,5H2,1-4H3. The summed E-state index contributed by atoms with van der Waals surface area (Å²) in [5.41, 5.74) is 2.51. The molecule has 178 valence electrons. The highest BCUT2D eigenvalue weighted by Gasteiger charge is 2.33. The second-order valence-corrected chi connectivity index (χ2v) is 8.57. The molecule has 0 fully saturated rings.